The molecule has 1 heterocycles. The maximum Gasteiger partial charge on any atom is 0.257 e. The maximum atomic E-state index is 11.7. The van der Waals surface area contributed by atoms with E-state index in [0.717, 1.165) is 17.4 Å². The van der Waals surface area contributed by atoms with Crippen LogP contribution in [0.4, 0.5) is 0 Å². The maximum absolute atomic E-state index is 11.7. The second-order valence-corrected chi connectivity index (χ2v) is 5.20. The summed E-state index contributed by atoms with van der Waals surface area (Å²) in [7, 11) is 0. The van der Waals surface area contributed by atoms with Gasteiger partial charge in [-0.15, -0.1) is 0 Å². The van der Waals surface area contributed by atoms with Crippen molar-refractivity contribution in [3.8, 4) is 5.88 Å². The van der Waals surface area contributed by atoms with Crippen molar-refractivity contribution in [3.63, 3.8) is 0 Å². The molecule has 0 aliphatic carbocycles. The zero-order valence-corrected chi connectivity index (χ0v) is 11.8. The lowest BCUT2D eigenvalue weighted by atomic mass is 10.2. The van der Waals surface area contributed by atoms with E-state index in [4.69, 9.17) is 0 Å². The van der Waals surface area contributed by atoms with Crippen LogP contribution in [0.2, 0.25) is 0 Å². The van der Waals surface area contributed by atoms with Crippen molar-refractivity contribution in [2.75, 3.05) is 0 Å². The van der Waals surface area contributed by atoms with E-state index in [2.05, 4.69) is 29.2 Å². The van der Waals surface area contributed by atoms with E-state index in [-0.39, 0.29) is 11.4 Å². The van der Waals surface area contributed by atoms with Crippen molar-refractivity contribution in [2.45, 2.75) is 31.3 Å². The molecule has 0 atom stereocenters. The van der Waals surface area contributed by atoms with Crippen LogP contribution in [0.5, 0.6) is 5.88 Å². The Bertz CT molecular complexity index is 620. The van der Waals surface area contributed by atoms with Crippen LogP contribution in [-0.4, -0.2) is 14.7 Å². The Morgan fingerprint density at radius 3 is 2.63 bits per heavy atom. The highest BCUT2D eigenvalue weighted by Crippen LogP contribution is 2.21. The normalized spacial score (nSPS) is 10.6. The van der Waals surface area contributed by atoms with E-state index in [1.165, 1.54) is 17.3 Å². The molecule has 2 rings (SSSR count). The van der Waals surface area contributed by atoms with Crippen molar-refractivity contribution in [1.82, 2.24) is 9.55 Å². The third-order valence-electron chi connectivity index (χ3n) is 2.76. The quantitative estimate of drug-likeness (QED) is 0.689. The van der Waals surface area contributed by atoms with Crippen LogP contribution in [0.15, 0.2) is 40.3 Å². The highest BCUT2D eigenvalue weighted by Gasteiger charge is 2.07. The molecule has 1 aromatic carbocycles. The molecule has 0 spiro atoms. The Hall–Kier alpha value is -1.75. The van der Waals surface area contributed by atoms with Gasteiger partial charge in [-0.2, -0.15) is 4.98 Å². The summed E-state index contributed by atoms with van der Waals surface area (Å²) in [6, 6.07) is 9.36. The van der Waals surface area contributed by atoms with Gasteiger partial charge in [0.1, 0.15) is 0 Å². The van der Waals surface area contributed by atoms with Gasteiger partial charge in [0.25, 0.3) is 5.56 Å². The number of aromatic nitrogens is 2. The van der Waals surface area contributed by atoms with Gasteiger partial charge in [0.2, 0.25) is 5.88 Å². The average molecular weight is 276 g/mol. The summed E-state index contributed by atoms with van der Waals surface area (Å²) in [5.41, 5.74) is 2.16. The highest BCUT2D eigenvalue weighted by atomic mass is 32.2. The predicted octanol–water partition coefficient (Wildman–Crippen LogP) is 2.57. The highest BCUT2D eigenvalue weighted by molar-refractivity contribution is 7.98. The van der Waals surface area contributed by atoms with E-state index in [1.807, 2.05) is 13.8 Å². The third-order valence-corrected chi connectivity index (χ3v) is 3.81. The first-order chi connectivity index (χ1) is 9.10. The van der Waals surface area contributed by atoms with E-state index >= 15 is 0 Å². The molecule has 4 nitrogen and oxygen atoms in total. The number of benzene rings is 1. The molecule has 2 aromatic rings. The van der Waals surface area contributed by atoms with E-state index in [9.17, 15) is 9.90 Å². The molecule has 0 unspecified atom stereocenters. The lowest BCUT2D eigenvalue weighted by Crippen LogP contribution is -2.20. The number of thioether (sulfide) groups is 1. The minimum atomic E-state index is -0.221. The summed E-state index contributed by atoms with van der Waals surface area (Å²) < 4.78 is 1.55. The van der Waals surface area contributed by atoms with Gasteiger partial charge in [0.15, 0.2) is 5.16 Å². The SMILES string of the molecule is CCn1c(SCc2ccc(C)cc2)nc(O)cc1=O. The number of hydrogen-bond donors (Lipinski definition) is 1. The lowest BCUT2D eigenvalue weighted by Gasteiger charge is -2.09. The van der Waals surface area contributed by atoms with Gasteiger partial charge < -0.3 is 5.11 Å². The van der Waals surface area contributed by atoms with Gasteiger partial charge in [-0.3, -0.25) is 9.36 Å². The molecule has 1 N–H and O–H groups in total. The molecule has 100 valence electrons. The van der Waals surface area contributed by atoms with Gasteiger partial charge in [0, 0.05) is 12.3 Å². The molecule has 0 radical (unpaired) electrons. The second kappa shape index (κ2) is 5.93. The van der Waals surface area contributed by atoms with Crippen LogP contribution in [0, 0.1) is 6.92 Å². The number of rotatable bonds is 4. The first kappa shape index (κ1) is 13.7. The summed E-state index contributed by atoms with van der Waals surface area (Å²) in [5.74, 6) is 0.497. The van der Waals surface area contributed by atoms with Gasteiger partial charge in [-0.1, -0.05) is 41.6 Å². The van der Waals surface area contributed by atoms with E-state index in [1.54, 1.807) is 4.57 Å². The summed E-state index contributed by atoms with van der Waals surface area (Å²) in [4.78, 5) is 15.7. The standard InChI is InChI=1S/C14H16N2O2S/c1-3-16-13(18)8-12(17)15-14(16)19-9-11-6-4-10(2)5-7-11/h4-8,17H,3,9H2,1-2H3. The summed E-state index contributed by atoms with van der Waals surface area (Å²) in [5, 5.41) is 9.96. The Kier molecular flexibility index (Phi) is 4.27. The molecule has 0 aliphatic heterocycles. The lowest BCUT2D eigenvalue weighted by molar-refractivity contribution is 0.434. The number of nitrogens with zero attached hydrogens (tertiary/aromatic N) is 2. The number of hydrogen-bond acceptors (Lipinski definition) is 4. The molecule has 0 saturated heterocycles. The number of aryl methyl sites for hydroxylation is 1. The minimum Gasteiger partial charge on any atom is -0.493 e. The van der Waals surface area contributed by atoms with Crippen LogP contribution in [-0.2, 0) is 12.3 Å². The molecule has 0 bridgehead atoms. The first-order valence-electron chi connectivity index (χ1n) is 6.09. The fourth-order valence-electron chi connectivity index (χ4n) is 1.71. The van der Waals surface area contributed by atoms with E-state index < -0.39 is 0 Å². The summed E-state index contributed by atoms with van der Waals surface area (Å²) >= 11 is 1.45. The van der Waals surface area contributed by atoms with Crippen molar-refractivity contribution in [3.05, 3.63) is 51.8 Å². The zero-order valence-electron chi connectivity index (χ0n) is 11.0. The molecule has 0 amide bonds. The zero-order chi connectivity index (χ0) is 13.8. The van der Waals surface area contributed by atoms with Gasteiger partial charge in [-0.05, 0) is 19.4 Å². The van der Waals surface area contributed by atoms with Crippen molar-refractivity contribution in [1.29, 1.82) is 0 Å². The van der Waals surface area contributed by atoms with Gasteiger partial charge in [-0.25, -0.2) is 0 Å². The largest absolute Gasteiger partial charge is 0.493 e. The van der Waals surface area contributed by atoms with Crippen LogP contribution in [0.25, 0.3) is 0 Å². The molecular formula is C14H16N2O2S. The van der Waals surface area contributed by atoms with Crippen LogP contribution in [0.3, 0.4) is 0 Å². The fourth-order valence-corrected chi connectivity index (χ4v) is 2.73. The first-order valence-corrected chi connectivity index (χ1v) is 7.08. The summed E-state index contributed by atoms with van der Waals surface area (Å²) in [6.07, 6.45) is 0. The molecule has 0 fully saturated rings. The van der Waals surface area contributed by atoms with Crippen LogP contribution in [0.1, 0.15) is 18.1 Å². The Labute approximate surface area is 116 Å². The van der Waals surface area contributed by atoms with E-state index in [0.29, 0.717) is 11.7 Å². The monoisotopic (exact) mass is 276 g/mol. The molecule has 0 saturated carbocycles. The van der Waals surface area contributed by atoms with Gasteiger partial charge >= 0.3 is 0 Å². The minimum absolute atomic E-state index is 0.221. The Morgan fingerprint density at radius 2 is 2.00 bits per heavy atom. The Morgan fingerprint density at radius 1 is 1.32 bits per heavy atom. The van der Waals surface area contributed by atoms with Crippen molar-refractivity contribution < 1.29 is 5.11 Å². The van der Waals surface area contributed by atoms with Gasteiger partial charge in [0.05, 0.1) is 6.07 Å². The average Bonchev–Trinajstić information content (AvgIpc) is 2.37. The Balaban J connectivity index is 2.19. The molecule has 0 aliphatic rings. The smallest absolute Gasteiger partial charge is 0.257 e. The third kappa shape index (κ3) is 3.38. The molecule has 1 aromatic heterocycles. The summed E-state index contributed by atoms with van der Waals surface area (Å²) in [6.45, 7) is 4.47. The van der Waals surface area contributed by atoms with Crippen molar-refractivity contribution >= 4 is 11.8 Å². The second-order valence-electron chi connectivity index (χ2n) is 4.25. The van der Waals surface area contributed by atoms with Crippen LogP contribution < -0.4 is 5.56 Å². The fraction of sp³-hybridized carbons (Fsp3) is 0.286. The molecule has 5 heteroatoms. The molecule has 19 heavy (non-hydrogen) atoms. The topological polar surface area (TPSA) is 55.1 Å². The predicted molar refractivity (Wildman–Crippen MR) is 76.6 cm³/mol. The van der Waals surface area contributed by atoms with Crippen LogP contribution >= 0.6 is 11.8 Å². The number of aromatic hydroxyl groups is 1. The van der Waals surface area contributed by atoms with Crippen molar-refractivity contribution in [2.24, 2.45) is 0 Å². The molecular weight excluding hydrogens is 260 g/mol.